The summed E-state index contributed by atoms with van der Waals surface area (Å²) in [7, 11) is 0. The van der Waals surface area contributed by atoms with Gasteiger partial charge in [0, 0.05) is 10.6 Å². The summed E-state index contributed by atoms with van der Waals surface area (Å²) in [5.41, 5.74) is 8.78. The summed E-state index contributed by atoms with van der Waals surface area (Å²) in [5, 5.41) is 6.40. The van der Waals surface area contributed by atoms with Gasteiger partial charge in [-0.1, -0.05) is 43.0 Å². The number of nitrogen functional groups attached to an aromatic ring is 1. The fourth-order valence-electron chi connectivity index (χ4n) is 3.39. The van der Waals surface area contributed by atoms with Crippen LogP contribution in [0.4, 0.5) is 5.82 Å². The predicted molar refractivity (Wildman–Crippen MR) is 92.3 cm³/mol. The van der Waals surface area contributed by atoms with Crippen LogP contribution in [0.1, 0.15) is 38.1 Å². The molecule has 1 saturated carbocycles. The molecule has 0 radical (unpaired) electrons. The van der Waals surface area contributed by atoms with Crippen LogP contribution in [0.2, 0.25) is 5.02 Å². The Hall–Kier alpha value is -2.14. The number of nitrogens with two attached hydrogens (primary N) is 1. The van der Waals surface area contributed by atoms with Crippen molar-refractivity contribution in [1.82, 2.24) is 19.7 Å². The van der Waals surface area contributed by atoms with Gasteiger partial charge in [0.05, 0.1) is 11.4 Å². The Labute approximate surface area is 139 Å². The van der Waals surface area contributed by atoms with Crippen molar-refractivity contribution in [3.05, 3.63) is 35.6 Å². The lowest BCUT2D eigenvalue weighted by molar-refractivity contribution is 0.336. The van der Waals surface area contributed by atoms with Gasteiger partial charge < -0.3 is 5.73 Å². The Morgan fingerprint density at radius 2 is 1.78 bits per heavy atom. The number of hydrogen-bond donors (Lipinski definition) is 1. The fourth-order valence-corrected chi connectivity index (χ4v) is 3.51. The molecule has 2 heterocycles. The van der Waals surface area contributed by atoms with Crippen molar-refractivity contribution in [2.45, 2.75) is 38.1 Å². The van der Waals surface area contributed by atoms with Crippen molar-refractivity contribution < 1.29 is 0 Å². The Kier molecular flexibility index (Phi) is 3.65. The summed E-state index contributed by atoms with van der Waals surface area (Å²) >= 11 is 6.00. The molecule has 118 valence electrons. The van der Waals surface area contributed by atoms with E-state index in [1.807, 2.05) is 24.3 Å². The largest absolute Gasteiger partial charge is 0.383 e. The molecule has 6 heteroatoms. The molecule has 1 aliphatic rings. The summed E-state index contributed by atoms with van der Waals surface area (Å²) < 4.78 is 2.05. The zero-order valence-electron chi connectivity index (χ0n) is 12.7. The van der Waals surface area contributed by atoms with Gasteiger partial charge >= 0.3 is 0 Å². The SMILES string of the molecule is Nc1ncnc2c1c(-c1ccc(Cl)cc1)nn2C1CCCCC1. The number of benzene rings is 1. The molecule has 0 spiro atoms. The molecule has 1 fully saturated rings. The molecule has 0 amide bonds. The Balaban J connectivity index is 1.91. The topological polar surface area (TPSA) is 69.6 Å². The number of rotatable bonds is 2. The Morgan fingerprint density at radius 1 is 1.04 bits per heavy atom. The van der Waals surface area contributed by atoms with Crippen molar-refractivity contribution in [3.63, 3.8) is 0 Å². The Morgan fingerprint density at radius 3 is 2.52 bits per heavy atom. The second-order valence-corrected chi connectivity index (χ2v) is 6.49. The summed E-state index contributed by atoms with van der Waals surface area (Å²) in [4.78, 5) is 8.62. The van der Waals surface area contributed by atoms with Crippen LogP contribution >= 0.6 is 11.6 Å². The molecule has 4 rings (SSSR count). The monoisotopic (exact) mass is 327 g/mol. The quantitative estimate of drug-likeness (QED) is 0.764. The van der Waals surface area contributed by atoms with Gasteiger partial charge in [-0.15, -0.1) is 0 Å². The molecule has 2 aromatic heterocycles. The van der Waals surface area contributed by atoms with Gasteiger partial charge in [0.1, 0.15) is 17.8 Å². The van der Waals surface area contributed by atoms with Gasteiger partial charge in [0.15, 0.2) is 5.65 Å². The third-order valence-electron chi connectivity index (χ3n) is 4.56. The third kappa shape index (κ3) is 2.55. The first-order valence-corrected chi connectivity index (χ1v) is 8.36. The van der Waals surface area contributed by atoms with Crippen molar-refractivity contribution in [1.29, 1.82) is 0 Å². The van der Waals surface area contributed by atoms with E-state index in [0.29, 0.717) is 16.9 Å². The average molecular weight is 328 g/mol. The van der Waals surface area contributed by atoms with Crippen LogP contribution in [0.25, 0.3) is 22.3 Å². The predicted octanol–water partition coefficient (Wildman–Crippen LogP) is 4.23. The first-order valence-electron chi connectivity index (χ1n) is 7.98. The molecule has 3 aromatic rings. The molecule has 5 nitrogen and oxygen atoms in total. The van der Waals surface area contributed by atoms with Crippen LogP contribution in [-0.2, 0) is 0 Å². The number of hydrogen-bond acceptors (Lipinski definition) is 4. The minimum atomic E-state index is 0.390. The van der Waals surface area contributed by atoms with Crippen molar-refractivity contribution in [2.24, 2.45) is 0 Å². The van der Waals surface area contributed by atoms with Gasteiger partial charge in [0.25, 0.3) is 0 Å². The number of anilines is 1. The lowest BCUT2D eigenvalue weighted by atomic mass is 9.96. The molecule has 0 unspecified atom stereocenters. The highest BCUT2D eigenvalue weighted by atomic mass is 35.5. The van der Waals surface area contributed by atoms with Crippen molar-refractivity contribution in [3.8, 4) is 11.3 Å². The summed E-state index contributed by atoms with van der Waals surface area (Å²) in [6, 6.07) is 8.04. The van der Waals surface area contributed by atoms with E-state index in [-0.39, 0.29) is 0 Å². The van der Waals surface area contributed by atoms with E-state index in [4.69, 9.17) is 22.4 Å². The number of halogens is 1. The lowest BCUT2D eigenvalue weighted by Gasteiger charge is -2.22. The molecule has 1 aromatic carbocycles. The van der Waals surface area contributed by atoms with E-state index in [1.165, 1.54) is 25.6 Å². The maximum Gasteiger partial charge on any atom is 0.164 e. The minimum Gasteiger partial charge on any atom is -0.383 e. The molecule has 2 N–H and O–H groups in total. The number of aromatic nitrogens is 4. The van der Waals surface area contributed by atoms with E-state index in [0.717, 1.165) is 35.1 Å². The summed E-state index contributed by atoms with van der Waals surface area (Å²) in [6.07, 6.45) is 7.58. The molecule has 23 heavy (non-hydrogen) atoms. The highest BCUT2D eigenvalue weighted by molar-refractivity contribution is 6.30. The van der Waals surface area contributed by atoms with Gasteiger partial charge in [-0.25, -0.2) is 14.6 Å². The molecular formula is C17H18ClN5. The summed E-state index contributed by atoms with van der Waals surface area (Å²) in [6.45, 7) is 0. The van der Waals surface area contributed by atoms with Crippen LogP contribution in [-0.4, -0.2) is 19.7 Å². The molecule has 0 saturated heterocycles. The average Bonchev–Trinajstić information content (AvgIpc) is 2.97. The second-order valence-electron chi connectivity index (χ2n) is 6.05. The van der Waals surface area contributed by atoms with Gasteiger partial charge in [-0.2, -0.15) is 5.10 Å². The van der Waals surface area contributed by atoms with Crippen LogP contribution in [0.5, 0.6) is 0 Å². The van der Waals surface area contributed by atoms with E-state index >= 15 is 0 Å². The highest BCUT2D eigenvalue weighted by Crippen LogP contribution is 2.35. The van der Waals surface area contributed by atoms with E-state index in [2.05, 4.69) is 14.6 Å². The minimum absolute atomic E-state index is 0.390. The van der Waals surface area contributed by atoms with Gasteiger partial charge in [-0.05, 0) is 25.0 Å². The zero-order valence-corrected chi connectivity index (χ0v) is 13.5. The second kappa shape index (κ2) is 5.81. The Bertz CT molecular complexity index is 834. The molecule has 1 aliphatic carbocycles. The molecular weight excluding hydrogens is 310 g/mol. The van der Waals surface area contributed by atoms with E-state index < -0.39 is 0 Å². The number of fused-ring (bicyclic) bond motifs is 1. The smallest absolute Gasteiger partial charge is 0.164 e. The third-order valence-corrected chi connectivity index (χ3v) is 4.81. The van der Waals surface area contributed by atoms with Gasteiger partial charge in [-0.3, -0.25) is 0 Å². The maximum atomic E-state index is 6.14. The fraction of sp³-hybridized carbons (Fsp3) is 0.353. The van der Waals surface area contributed by atoms with Gasteiger partial charge in [0.2, 0.25) is 0 Å². The van der Waals surface area contributed by atoms with Crippen molar-refractivity contribution >= 4 is 28.5 Å². The summed E-state index contributed by atoms with van der Waals surface area (Å²) in [5.74, 6) is 0.474. The van der Waals surface area contributed by atoms with Crippen LogP contribution < -0.4 is 5.73 Å². The zero-order chi connectivity index (χ0) is 15.8. The van der Waals surface area contributed by atoms with E-state index in [9.17, 15) is 0 Å². The van der Waals surface area contributed by atoms with Crippen molar-refractivity contribution in [2.75, 3.05) is 5.73 Å². The van der Waals surface area contributed by atoms with Crippen LogP contribution in [0.15, 0.2) is 30.6 Å². The first kappa shape index (κ1) is 14.5. The molecule has 0 atom stereocenters. The van der Waals surface area contributed by atoms with Crippen LogP contribution in [0, 0.1) is 0 Å². The lowest BCUT2D eigenvalue weighted by Crippen LogP contribution is -2.14. The first-order chi connectivity index (χ1) is 11.2. The van der Waals surface area contributed by atoms with E-state index in [1.54, 1.807) is 0 Å². The molecule has 0 aliphatic heterocycles. The highest BCUT2D eigenvalue weighted by Gasteiger charge is 2.23. The van der Waals surface area contributed by atoms with Crippen LogP contribution in [0.3, 0.4) is 0 Å². The normalized spacial score (nSPS) is 16.0. The number of nitrogens with zero attached hydrogens (tertiary/aromatic N) is 4. The standard InChI is InChI=1S/C17H18ClN5/c18-12-8-6-11(7-9-12)15-14-16(19)20-10-21-17(14)23(22-15)13-4-2-1-3-5-13/h6-10,13H,1-5H2,(H2,19,20,21). The molecule has 0 bridgehead atoms. The maximum absolute atomic E-state index is 6.14.